The van der Waals surface area contributed by atoms with Crippen molar-refractivity contribution in [3.05, 3.63) is 29.3 Å². The number of thioether (sulfide) groups is 1. The third-order valence-electron chi connectivity index (χ3n) is 3.68. The Morgan fingerprint density at radius 2 is 2.27 bits per heavy atom. The molecule has 1 N–H and O–H groups in total. The Kier molecular flexibility index (Phi) is 5.71. The Morgan fingerprint density at radius 3 is 2.91 bits per heavy atom. The summed E-state index contributed by atoms with van der Waals surface area (Å²) >= 11 is 1.31. The van der Waals surface area contributed by atoms with Gasteiger partial charge in [0.05, 0.1) is 13.2 Å². The highest BCUT2D eigenvalue weighted by Crippen LogP contribution is 2.26. The lowest BCUT2D eigenvalue weighted by Gasteiger charge is -2.19. The van der Waals surface area contributed by atoms with Crippen LogP contribution in [0.1, 0.15) is 30.5 Å². The van der Waals surface area contributed by atoms with Crippen LogP contribution in [0.4, 0.5) is 4.79 Å². The summed E-state index contributed by atoms with van der Waals surface area (Å²) in [5, 5.41) is 3.04. The first-order valence-corrected chi connectivity index (χ1v) is 8.35. The zero-order chi connectivity index (χ0) is 16.1. The molecule has 1 aromatic rings. The maximum absolute atomic E-state index is 12.1. The van der Waals surface area contributed by atoms with Crippen molar-refractivity contribution in [1.82, 2.24) is 10.2 Å². The highest BCUT2D eigenvalue weighted by atomic mass is 32.2. The minimum Gasteiger partial charge on any atom is -0.496 e. The fraction of sp³-hybridized carbons (Fsp3) is 0.500. The van der Waals surface area contributed by atoms with Gasteiger partial charge in [-0.3, -0.25) is 9.59 Å². The molecule has 0 bridgehead atoms. The standard InChI is InChI=1S/C16H22N2O3S/c1-11-4-5-14(21-3)13(10-11)12(2)17-15(19)6-7-18-8-9-22-16(18)20/h4-5,10,12H,6-9H2,1-3H3,(H,17,19). The zero-order valence-corrected chi connectivity index (χ0v) is 14.0. The van der Waals surface area contributed by atoms with Gasteiger partial charge in [-0.2, -0.15) is 0 Å². The van der Waals surface area contributed by atoms with Gasteiger partial charge in [0.15, 0.2) is 0 Å². The molecule has 2 rings (SSSR count). The van der Waals surface area contributed by atoms with E-state index >= 15 is 0 Å². The van der Waals surface area contributed by atoms with Crippen LogP contribution in [-0.2, 0) is 4.79 Å². The molecule has 1 unspecified atom stereocenters. The number of aryl methyl sites for hydroxylation is 1. The number of nitrogens with one attached hydrogen (secondary N) is 1. The number of ether oxygens (including phenoxy) is 1. The van der Waals surface area contributed by atoms with Gasteiger partial charge < -0.3 is 15.0 Å². The van der Waals surface area contributed by atoms with Gasteiger partial charge in [0.1, 0.15) is 5.75 Å². The zero-order valence-electron chi connectivity index (χ0n) is 13.2. The molecule has 0 saturated carbocycles. The van der Waals surface area contributed by atoms with Gasteiger partial charge in [0.25, 0.3) is 5.24 Å². The van der Waals surface area contributed by atoms with Gasteiger partial charge in [0, 0.05) is 30.8 Å². The van der Waals surface area contributed by atoms with Crippen molar-refractivity contribution >= 4 is 22.9 Å². The van der Waals surface area contributed by atoms with Crippen molar-refractivity contribution in [3.8, 4) is 5.75 Å². The lowest BCUT2D eigenvalue weighted by Crippen LogP contribution is -2.32. The van der Waals surface area contributed by atoms with Crippen LogP contribution in [0.5, 0.6) is 5.75 Å². The van der Waals surface area contributed by atoms with E-state index in [2.05, 4.69) is 5.32 Å². The van der Waals surface area contributed by atoms with Crippen LogP contribution in [0, 0.1) is 6.92 Å². The molecule has 1 aliphatic heterocycles. The Morgan fingerprint density at radius 1 is 1.50 bits per heavy atom. The molecule has 2 amide bonds. The van der Waals surface area contributed by atoms with Gasteiger partial charge in [-0.1, -0.05) is 29.5 Å². The van der Waals surface area contributed by atoms with Gasteiger partial charge >= 0.3 is 0 Å². The van der Waals surface area contributed by atoms with Gasteiger partial charge in [0.2, 0.25) is 5.91 Å². The van der Waals surface area contributed by atoms with E-state index in [1.165, 1.54) is 11.8 Å². The van der Waals surface area contributed by atoms with E-state index in [9.17, 15) is 9.59 Å². The maximum atomic E-state index is 12.1. The molecular formula is C16H22N2O3S. The van der Waals surface area contributed by atoms with Crippen molar-refractivity contribution in [2.45, 2.75) is 26.3 Å². The summed E-state index contributed by atoms with van der Waals surface area (Å²) in [7, 11) is 1.62. The van der Waals surface area contributed by atoms with Crippen LogP contribution in [0.3, 0.4) is 0 Å². The number of benzene rings is 1. The van der Waals surface area contributed by atoms with E-state index in [0.717, 1.165) is 29.2 Å². The molecular weight excluding hydrogens is 300 g/mol. The second kappa shape index (κ2) is 7.54. The van der Waals surface area contributed by atoms with E-state index in [1.807, 2.05) is 32.0 Å². The second-order valence-corrected chi connectivity index (χ2v) is 6.43. The number of nitrogens with zero attached hydrogens (tertiary/aromatic N) is 1. The summed E-state index contributed by atoms with van der Waals surface area (Å²) in [4.78, 5) is 25.3. The van der Waals surface area contributed by atoms with Crippen LogP contribution in [0.2, 0.25) is 0 Å². The average Bonchev–Trinajstić information content (AvgIpc) is 2.90. The van der Waals surface area contributed by atoms with Crippen LogP contribution in [0.15, 0.2) is 18.2 Å². The number of amides is 2. The van der Waals surface area contributed by atoms with Crippen LogP contribution >= 0.6 is 11.8 Å². The van der Waals surface area contributed by atoms with Crippen molar-refractivity contribution in [2.24, 2.45) is 0 Å². The summed E-state index contributed by atoms with van der Waals surface area (Å²) in [6.45, 7) is 5.16. The number of carbonyl (C=O) groups is 2. The molecule has 0 spiro atoms. The van der Waals surface area contributed by atoms with Gasteiger partial charge in [-0.05, 0) is 19.9 Å². The Bertz CT molecular complexity index is 562. The van der Waals surface area contributed by atoms with Gasteiger partial charge in [-0.25, -0.2) is 0 Å². The molecule has 0 aromatic heterocycles. The number of rotatable bonds is 6. The molecule has 1 atom stereocenters. The highest BCUT2D eigenvalue weighted by Gasteiger charge is 2.22. The molecule has 120 valence electrons. The van der Waals surface area contributed by atoms with E-state index in [1.54, 1.807) is 12.0 Å². The molecule has 6 heteroatoms. The molecule has 5 nitrogen and oxygen atoms in total. The Balaban J connectivity index is 1.90. The molecule has 1 aliphatic rings. The third-order valence-corrected chi connectivity index (χ3v) is 4.57. The Labute approximate surface area is 135 Å². The number of carbonyl (C=O) groups excluding carboxylic acids is 2. The van der Waals surface area contributed by atoms with Crippen LogP contribution < -0.4 is 10.1 Å². The van der Waals surface area contributed by atoms with E-state index < -0.39 is 0 Å². The largest absolute Gasteiger partial charge is 0.496 e. The maximum Gasteiger partial charge on any atom is 0.281 e. The van der Waals surface area contributed by atoms with Crippen LogP contribution in [0.25, 0.3) is 0 Å². The molecule has 1 saturated heterocycles. The number of hydrogen-bond donors (Lipinski definition) is 1. The summed E-state index contributed by atoms with van der Waals surface area (Å²) < 4.78 is 5.35. The monoisotopic (exact) mass is 322 g/mol. The molecule has 1 fully saturated rings. The normalized spacial score (nSPS) is 15.8. The predicted molar refractivity (Wildman–Crippen MR) is 88.3 cm³/mol. The Hall–Kier alpha value is -1.69. The molecule has 0 aliphatic carbocycles. The average molecular weight is 322 g/mol. The minimum absolute atomic E-state index is 0.0549. The number of methoxy groups -OCH3 is 1. The molecule has 22 heavy (non-hydrogen) atoms. The van der Waals surface area contributed by atoms with Crippen molar-refractivity contribution < 1.29 is 14.3 Å². The van der Waals surface area contributed by atoms with Crippen molar-refractivity contribution in [3.63, 3.8) is 0 Å². The SMILES string of the molecule is COc1ccc(C)cc1C(C)NC(=O)CCN1CCSC1=O. The summed E-state index contributed by atoms with van der Waals surface area (Å²) in [6, 6.07) is 5.77. The van der Waals surface area contributed by atoms with Crippen molar-refractivity contribution in [2.75, 3.05) is 26.0 Å². The lowest BCUT2D eigenvalue weighted by atomic mass is 10.0. The van der Waals surface area contributed by atoms with E-state index in [-0.39, 0.29) is 17.2 Å². The van der Waals surface area contributed by atoms with Crippen molar-refractivity contribution in [1.29, 1.82) is 0 Å². The lowest BCUT2D eigenvalue weighted by molar-refractivity contribution is -0.121. The fourth-order valence-electron chi connectivity index (χ4n) is 2.45. The molecule has 1 heterocycles. The van der Waals surface area contributed by atoms with Gasteiger partial charge in [-0.15, -0.1) is 0 Å². The van der Waals surface area contributed by atoms with E-state index in [0.29, 0.717) is 13.0 Å². The first kappa shape index (κ1) is 16.7. The van der Waals surface area contributed by atoms with Crippen LogP contribution in [-0.4, -0.2) is 42.0 Å². The second-order valence-electron chi connectivity index (χ2n) is 5.39. The minimum atomic E-state index is -0.133. The predicted octanol–water partition coefficient (Wildman–Crippen LogP) is 2.74. The topological polar surface area (TPSA) is 58.6 Å². The summed E-state index contributed by atoms with van der Waals surface area (Å²) in [5.74, 6) is 1.53. The summed E-state index contributed by atoms with van der Waals surface area (Å²) in [5.41, 5.74) is 2.08. The first-order chi connectivity index (χ1) is 10.5. The third kappa shape index (κ3) is 4.16. The van der Waals surface area contributed by atoms with E-state index in [4.69, 9.17) is 4.74 Å². The number of hydrogen-bond acceptors (Lipinski definition) is 4. The quantitative estimate of drug-likeness (QED) is 0.875. The summed E-state index contributed by atoms with van der Waals surface area (Å²) in [6.07, 6.45) is 0.324. The fourth-order valence-corrected chi connectivity index (χ4v) is 3.30. The first-order valence-electron chi connectivity index (χ1n) is 7.37. The molecule has 1 aromatic carbocycles. The highest BCUT2D eigenvalue weighted by molar-refractivity contribution is 8.13. The molecule has 0 radical (unpaired) electrons. The smallest absolute Gasteiger partial charge is 0.281 e.